The minimum atomic E-state index is 0.351. The van der Waals surface area contributed by atoms with Gasteiger partial charge in [0.15, 0.2) is 5.69 Å². The Morgan fingerprint density at radius 2 is 1.88 bits per heavy atom. The molecule has 7 nitrogen and oxygen atoms in total. The van der Waals surface area contributed by atoms with Crippen LogP contribution >= 0.6 is 0 Å². The molecule has 0 N–H and O–H groups in total. The fraction of sp³-hybridized carbons (Fsp3) is 0.158. The van der Waals surface area contributed by atoms with Crippen molar-refractivity contribution in [2.24, 2.45) is 0 Å². The standard InChI is InChI=1S/C19H17N5O2/c1-13-5-3-4-6-16(13)18-20-19(26-22-18)17-12-24(23-21-17)11-14-7-9-15(25-2)10-8-14/h3-10,12H,11H2,1-2H3. The highest BCUT2D eigenvalue weighted by Crippen LogP contribution is 2.23. The van der Waals surface area contributed by atoms with Crippen LogP contribution in [0.3, 0.4) is 0 Å². The van der Waals surface area contributed by atoms with Gasteiger partial charge in [0.25, 0.3) is 5.89 Å². The topological polar surface area (TPSA) is 78.9 Å². The second kappa shape index (κ2) is 6.79. The van der Waals surface area contributed by atoms with Crippen LogP contribution in [0.2, 0.25) is 0 Å². The molecule has 0 amide bonds. The van der Waals surface area contributed by atoms with E-state index in [9.17, 15) is 0 Å². The molecule has 0 radical (unpaired) electrons. The minimum Gasteiger partial charge on any atom is -0.497 e. The van der Waals surface area contributed by atoms with E-state index in [2.05, 4.69) is 20.5 Å². The molecule has 0 saturated carbocycles. The molecule has 0 atom stereocenters. The maximum atomic E-state index is 5.36. The number of hydrogen-bond acceptors (Lipinski definition) is 6. The second-order valence-electron chi connectivity index (χ2n) is 5.89. The Bertz CT molecular complexity index is 1020. The fourth-order valence-corrected chi connectivity index (χ4v) is 2.65. The third-order valence-corrected chi connectivity index (χ3v) is 4.07. The van der Waals surface area contributed by atoms with Crippen LogP contribution in [0.15, 0.2) is 59.3 Å². The zero-order chi connectivity index (χ0) is 17.9. The molecular weight excluding hydrogens is 330 g/mol. The van der Waals surface area contributed by atoms with Crippen molar-refractivity contribution < 1.29 is 9.26 Å². The van der Waals surface area contributed by atoms with Crippen LogP contribution in [-0.4, -0.2) is 32.2 Å². The summed E-state index contributed by atoms with van der Waals surface area (Å²) in [6, 6.07) is 15.7. The van der Waals surface area contributed by atoms with E-state index in [1.54, 1.807) is 18.0 Å². The van der Waals surface area contributed by atoms with Crippen LogP contribution in [0.4, 0.5) is 0 Å². The van der Waals surface area contributed by atoms with Gasteiger partial charge in [-0.2, -0.15) is 4.98 Å². The van der Waals surface area contributed by atoms with E-state index in [1.165, 1.54) is 0 Å². The number of benzene rings is 2. The Morgan fingerprint density at radius 3 is 2.65 bits per heavy atom. The second-order valence-corrected chi connectivity index (χ2v) is 5.89. The number of ether oxygens (including phenoxy) is 1. The van der Waals surface area contributed by atoms with Gasteiger partial charge in [-0.25, -0.2) is 4.68 Å². The van der Waals surface area contributed by atoms with Crippen molar-refractivity contribution in [2.45, 2.75) is 13.5 Å². The van der Waals surface area contributed by atoms with Crippen molar-refractivity contribution in [3.8, 4) is 28.7 Å². The molecular formula is C19H17N5O2. The first-order valence-corrected chi connectivity index (χ1v) is 8.16. The van der Waals surface area contributed by atoms with Crippen LogP contribution in [0, 0.1) is 6.92 Å². The Labute approximate surface area is 150 Å². The van der Waals surface area contributed by atoms with E-state index in [4.69, 9.17) is 9.26 Å². The summed E-state index contributed by atoms with van der Waals surface area (Å²) in [6.45, 7) is 2.60. The predicted molar refractivity (Wildman–Crippen MR) is 95.6 cm³/mol. The van der Waals surface area contributed by atoms with Crippen LogP contribution in [0.25, 0.3) is 23.0 Å². The van der Waals surface area contributed by atoms with Gasteiger partial charge >= 0.3 is 0 Å². The van der Waals surface area contributed by atoms with Gasteiger partial charge in [0, 0.05) is 5.56 Å². The van der Waals surface area contributed by atoms with Gasteiger partial charge in [-0.1, -0.05) is 46.8 Å². The highest BCUT2D eigenvalue weighted by Gasteiger charge is 2.15. The molecule has 130 valence electrons. The molecule has 0 spiro atoms. The first kappa shape index (κ1) is 16.0. The molecule has 0 bridgehead atoms. The van der Waals surface area contributed by atoms with Crippen molar-refractivity contribution in [1.82, 2.24) is 25.1 Å². The Balaban J connectivity index is 1.54. The number of aromatic nitrogens is 5. The highest BCUT2D eigenvalue weighted by atomic mass is 16.5. The molecule has 0 saturated heterocycles. The molecule has 2 heterocycles. The van der Waals surface area contributed by atoms with E-state index < -0.39 is 0 Å². The molecule has 2 aromatic heterocycles. The smallest absolute Gasteiger partial charge is 0.280 e. The summed E-state index contributed by atoms with van der Waals surface area (Å²) < 4.78 is 12.3. The summed E-state index contributed by atoms with van der Waals surface area (Å²) in [6.07, 6.45) is 1.79. The van der Waals surface area contributed by atoms with Crippen LogP contribution in [0.5, 0.6) is 5.75 Å². The molecule has 7 heteroatoms. The monoisotopic (exact) mass is 347 g/mol. The summed E-state index contributed by atoms with van der Waals surface area (Å²) in [5.74, 6) is 1.72. The number of nitrogens with zero attached hydrogens (tertiary/aromatic N) is 5. The lowest BCUT2D eigenvalue weighted by molar-refractivity contribution is 0.414. The van der Waals surface area contributed by atoms with Gasteiger partial charge < -0.3 is 9.26 Å². The molecule has 0 aliphatic heterocycles. The molecule has 4 rings (SSSR count). The van der Waals surface area contributed by atoms with Gasteiger partial charge in [0.1, 0.15) is 5.75 Å². The summed E-state index contributed by atoms with van der Waals surface area (Å²) in [5.41, 5.74) is 3.66. The minimum absolute atomic E-state index is 0.351. The van der Waals surface area contributed by atoms with Crippen molar-refractivity contribution in [3.05, 3.63) is 65.9 Å². The SMILES string of the molecule is COc1ccc(Cn2cc(-c3nc(-c4ccccc4C)no3)nn2)cc1. The molecule has 2 aromatic carbocycles. The lowest BCUT2D eigenvalue weighted by Gasteiger charge is -2.02. The highest BCUT2D eigenvalue weighted by molar-refractivity contribution is 5.61. The van der Waals surface area contributed by atoms with Crippen molar-refractivity contribution >= 4 is 0 Å². The summed E-state index contributed by atoms with van der Waals surface area (Å²) in [4.78, 5) is 4.44. The van der Waals surface area contributed by atoms with Gasteiger partial charge in [0.05, 0.1) is 19.9 Å². The molecule has 0 aliphatic carbocycles. The Hall–Kier alpha value is -3.48. The van der Waals surface area contributed by atoms with Crippen molar-refractivity contribution in [3.63, 3.8) is 0 Å². The predicted octanol–water partition coefficient (Wildman–Crippen LogP) is 3.36. The largest absolute Gasteiger partial charge is 0.497 e. The van der Waals surface area contributed by atoms with Crippen LogP contribution in [-0.2, 0) is 6.54 Å². The van der Waals surface area contributed by atoms with Gasteiger partial charge in [-0.3, -0.25) is 0 Å². The lowest BCUT2D eigenvalue weighted by atomic mass is 10.1. The molecule has 0 fully saturated rings. The average Bonchev–Trinajstić information content (AvgIpc) is 3.32. The van der Waals surface area contributed by atoms with E-state index in [1.807, 2.05) is 55.5 Å². The van der Waals surface area contributed by atoms with Crippen LogP contribution in [0.1, 0.15) is 11.1 Å². The van der Waals surface area contributed by atoms with Gasteiger partial charge in [-0.15, -0.1) is 5.10 Å². The maximum Gasteiger partial charge on any atom is 0.280 e. The number of aryl methyl sites for hydroxylation is 1. The fourth-order valence-electron chi connectivity index (χ4n) is 2.65. The summed E-state index contributed by atoms with van der Waals surface area (Å²) in [5, 5.41) is 12.3. The van der Waals surface area contributed by atoms with E-state index in [-0.39, 0.29) is 0 Å². The quantitative estimate of drug-likeness (QED) is 0.551. The van der Waals surface area contributed by atoms with E-state index in [0.717, 1.165) is 22.4 Å². The normalized spacial score (nSPS) is 10.8. The van der Waals surface area contributed by atoms with Gasteiger partial charge in [-0.05, 0) is 30.2 Å². The van der Waals surface area contributed by atoms with E-state index >= 15 is 0 Å². The number of rotatable bonds is 5. The molecule has 0 aliphatic rings. The molecule has 26 heavy (non-hydrogen) atoms. The van der Waals surface area contributed by atoms with Crippen molar-refractivity contribution in [2.75, 3.05) is 7.11 Å². The average molecular weight is 347 g/mol. The zero-order valence-electron chi connectivity index (χ0n) is 14.5. The Morgan fingerprint density at radius 1 is 1.08 bits per heavy atom. The maximum absolute atomic E-state index is 5.36. The number of methoxy groups -OCH3 is 1. The first-order chi connectivity index (χ1) is 12.7. The Kier molecular flexibility index (Phi) is 4.18. The third kappa shape index (κ3) is 3.19. The zero-order valence-corrected chi connectivity index (χ0v) is 14.5. The lowest BCUT2D eigenvalue weighted by Crippen LogP contribution is -2.00. The van der Waals surface area contributed by atoms with Crippen LogP contribution < -0.4 is 4.74 Å². The van der Waals surface area contributed by atoms with Gasteiger partial charge in [0.2, 0.25) is 5.82 Å². The first-order valence-electron chi connectivity index (χ1n) is 8.16. The summed E-state index contributed by atoms with van der Waals surface area (Å²) >= 11 is 0. The summed E-state index contributed by atoms with van der Waals surface area (Å²) in [7, 11) is 1.65. The molecule has 0 unspecified atom stereocenters. The third-order valence-electron chi connectivity index (χ3n) is 4.07. The van der Waals surface area contributed by atoms with Crippen molar-refractivity contribution in [1.29, 1.82) is 0 Å². The number of hydrogen-bond donors (Lipinski definition) is 0. The van der Waals surface area contributed by atoms with E-state index in [0.29, 0.717) is 24.0 Å². The molecule has 4 aromatic rings.